The molecule has 0 aliphatic rings. The fourth-order valence-corrected chi connectivity index (χ4v) is 0.642. The quantitative estimate of drug-likeness (QED) is 0.559. The molecule has 8 nitrogen and oxygen atoms in total. The molecule has 0 heterocycles. The molecule has 0 spiro atoms. The minimum atomic E-state index is -1.19. The van der Waals surface area contributed by atoms with Crippen LogP contribution in [-0.2, 0) is 19.2 Å². The van der Waals surface area contributed by atoms with Crippen molar-refractivity contribution in [1.82, 2.24) is 0 Å². The summed E-state index contributed by atoms with van der Waals surface area (Å²) < 4.78 is 0. The minimum absolute atomic E-state index is 0.132. The van der Waals surface area contributed by atoms with E-state index in [2.05, 4.69) is 0 Å². The first-order valence-electron chi connectivity index (χ1n) is 5.21. The summed E-state index contributed by atoms with van der Waals surface area (Å²) in [7, 11) is 0. The molecule has 0 aromatic heterocycles. The van der Waals surface area contributed by atoms with E-state index < -0.39 is 23.9 Å². The number of aliphatic carboxylic acids is 4. The van der Waals surface area contributed by atoms with E-state index in [1.807, 2.05) is 0 Å². The largest absolute Gasteiger partial charge is 0.478 e. The molecule has 0 atom stereocenters. The first-order chi connectivity index (χ1) is 8.93. The third-order valence-corrected chi connectivity index (χ3v) is 2.41. The monoisotopic (exact) mass is 288 g/mol. The highest BCUT2D eigenvalue weighted by molar-refractivity contribution is 5.98. The van der Waals surface area contributed by atoms with E-state index in [0.29, 0.717) is 0 Å². The molecule has 0 saturated heterocycles. The maximum atomic E-state index is 10.1. The average Bonchev–Trinajstić information content (AvgIpc) is 2.35. The first-order valence-corrected chi connectivity index (χ1v) is 5.21. The summed E-state index contributed by atoms with van der Waals surface area (Å²) in [5.74, 6) is -4.78. The lowest BCUT2D eigenvalue weighted by Gasteiger charge is -1.95. The zero-order valence-corrected chi connectivity index (χ0v) is 11.4. The predicted octanol–water partition coefficient (Wildman–Crippen LogP) is 0.984. The Morgan fingerprint density at radius 3 is 0.600 bits per heavy atom. The van der Waals surface area contributed by atoms with E-state index in [4.69, 9.17) is 20.4 Å². The summed E-state index contributed by atoms with van der Waals surface area (Å²) in [6.45, 7) is 5.02. The van der Waals surface area contributed by atoms with E-state index in [1.54, 1.807) is 0 Å². The van der Waals surface area contributed by atoms with Crippen molar-refractivity contribution in [3.63, 3.8) is 0 Å². The Morgan fingerprint density at radius 2 is 0.550 bits per heavy atom. The summed E-state index contributed by atoms with van der Waals surface area (Å²) in [4.78, 5) is 40.5. The van der Waals surface area contributed by atoms with Gasteiger partial charge in [0.15, 0.2) is 0 Å². The van der Waals surface area contributed by atoms with Gasteiger partial charge in [-0.15, -0.1) is 0 Å². The molecule has 0 amide bonds. The molecule has 0 fully saturated rings. The highest BCUT2D eigenvalue weighted by Gasteiger charge is 2.10. The first kappa shape index (κ1) is 19.7. The second-order valence-electron chi connectivity index (χ2n) is 3.72. The number of rotatable bonds is 4. The summed E-state index contributed by atoms with van der Waals surface area (Å²) >= 11 is 0. The maximum Gasteiger partial charge on any atom is 0.331 e. The van der Waals surface area contributed by atoms with E-state index >= 15 is 0 Å². The average molecular weight is 288 g/mol. The zero-order valence-electron chi connectivity index (χ0n) is 11.4. The Bertz CT molecular complexity index is 406. The lowest BCUT2D eigenvalue weighted by atomic mass is 10.1. The standard InChI is InChI=1S/2C6H8O4/c2*1-3(5(7)8)4(2)6(9)10/h2*1-2H3,(H,7,8)(H,9,10)/b2*4-3+. The van der Waals surface area contributed by atoms with Crippen LogP contribution in [0, 0.1) is 0 Å². The molecule has 0 rings (SSSR count). The Morgan fingerprint density at radius 1 is 0.450 bits per heavy atom. The zero-order chi connectivity index (χ0) is 16.6. The molecule has 0 unspecified atom stereocenters. The highest BCUT2D eigenvalue weighted by atomic mass is 16.4. The second-order valence-corrected chi connectivity index (χ2v) is 3.72. The van der Waals surface area contributed by atoms with Crippen LogP contribution < -0.4 is 0 Å². The van der Waals surface area contributed by atoms with Crippen LogP contribution in [0.1, 0.15) is 27.7 Å². The molecule has 0 saturated carbocycles. The molecule has 0 aromatic rings. The van der Waals surface area contributed by atoms with Gasteiger partial charge < -0.3 is 20.4 Å². The van der Waals surface area contributed by atoms with E-state index in [0.717, 1.165) is 0 Å². The number of hydrogen-bond donors (Lipinski definition) is 4. The molecule has 8 heteroatoms. The van der Waals surface area contributed by atoms with E-state index in [-0.39, 0.29) is 22.3 Å². The molecule has 20 heavy (non-hydrogen) atoms. The fourth-order valence-electron chi connectivity index (χ4n) is 0.642. The molecule has 0 radical (unpaired) electrons. The number of carbonyl (C=O) groups is 4. The van der Waals surface area contributed by atoms with Crippen LogP contribution in [0.15, 0.2) is 22.3 Å². The van der Waals surface area contributed by atoms with Crippen LogP contribution in [0.2, 0.25) is 0 Å². The van der Waals surface area contributed by atoms with Gasteiger partial charge in [0.05, 0.1) is 0 Å². The topological polar surface area (TPSA) is 149 Å². The van der Waals surface area contributed by atoms with Crippen molar-refractivity contribution in [2.24, 2.45) is 0 Å². The van der Waals surface area contributed by atoms with Crippen molar-refractivity contribution in [3.8, 4) is 0 Å². The molecular weight excluding hydrogens is 272 g/mol. The summed E-state index contributed by atoms with van der Waals surface area (Å²) in [6, 6.07) is 0. The molecule has 4 N–H and O–H groups in total. The third kappa shape index (κ3) is 6.94. The summed E-state index contributed by atoms with van der Waals surface area (Å²) in [5.41, 5.74) is -0.528. The van der Waals surface area contributed by atoms with Crippen LogP contribution in [0.4, 0.5) is 0 Å². The second kappa shape index (κ2) is 8.46. The van der Waals surface area contributed by atoms with Gasteiger partial charge in [0.1, 0.15) is 0 Å². The Kier molecular flexibility index (Phi) is 8.33. The lowest BCUT2D eigenvalue weighted by molar-refractivity contribution is -0.135. The van der Waals surface area contributed by atoms with Crippen molar-refractivity contribution in [2.75, 3.05) is 0 Å². The van der Waals surface area contributed by atoms with E-state index in [9.17, 15) is 19.2 Å². The van der Waals surface area contributed by atoms with Gasteiger partial charge in [-0.1, -0.05) is 0 Å². The van der Waals surface area contributed by atoms with Crippen molar-refractivity contribution >= 4 is 23.9 Å². The molecular formula is C12H16O8. The van der Waals surface area contributed by atoms with Gasteiger partial charge in [0.2, 0.25) is 0 Å². The summed E-state index contributed by atoms with van der Waals surface area (Å²) in [5, 5.41) is 33.1. The highest BCUT2D eigenvalue weighted by Crippen LogP contribution is 2.02. The van der Waals surface area contributed by atoms with Crippen LogP contribution in [0.5, 0.6) is 0 Å². The van der Waals surface area contributed by atoms with Crippen LogP contribution in [0.3, 0.4) is 0 Å². The van der Waals surface area contributed by atoms with Gasteiger partial charge >= 0.3 is 23.9 Å². The third-order valence-electron chi connectivity index (χ3n) is 2.41. The molecule has 0 aliphatic carbocycles. The molecule has 0 aliphatic heterocycles. The van der Waals surface area contributed by atoms with Gasteiger partial charge in [0, 0.05) is 22.3 Å². The SMILES string of the molecule is C/C(C(=O)O)=C(/C)C(=O)O.C/C(C(=O)O)=C(/C)C(=O)O. The Labute approximate surface area is 114 Å². The van der Waals surface area contributed by atoms with Gasteiger partial charge in [-0.25, -0.2) is 19.2 Å². The minimum Gasteiger partial charge on any atom is -0.478 e. The van der Waals surface area contributed by atoms with E-state index in [1.165, 1.54) is 27.7 Å². The van der Waals surface area contributed by atoms with Crippen LogP contribution in [-0.4, -0.2) is 44.3 Å². The van der Waals surface area contributed by atoms with Gasteiger partial charge in [-0.2, -0.15) is 0 Å². The number of hydrogen-bond acceptors (Lipinski definition) is 4. The maximum absolute atomic E-state index is 10.1. The van der Waals surface area contributed by atoms with Crippen molar-refractivity contribution in [2.45, 2.75) is 27.7 Å². The van der Waals surface area contributed by atoms with Gasteiger partial charge in [-0.05, 0) is 27.7 Å². The lowest BCUT2D eigenvalue weighted by Crippen LogP contribution is -2.06. The molecule has 0 bridgehead atoms. The van der Waals surface area contributed by atoms with Crippen molar-refractivity contribution in [1.29, 1.82) is 0 Å². The summed E-state index contributed by atoms with van der Waals surface area (Å²) in [6.07, 6.45) is 0. The van der Waals surface area contributed by atoms with Gasteiger partial charge in [-0.3, -0.25) is 0 Å². The molecule has 0 aromatic carbocycles. The Hall–Kier alpha value is -2.64. The Balaban J connectivity index is 0. The van der Waals surface area contributed by atoms with Crippen molar-refractivity contribution < 1.29 is 39.6 Å². The smallest absolute Gasteiger partial charge is 0.331 e. The van der Waals surface area contributed by atoms with Crippen LogP contribution in [0.25, 0.3) is 0 Å². The van der Waals surface area contributed by atoms with Gasteiger partial charge in [0.25, 0.3) is 0 Å². The number of carboxylic acid groups (broad SMARTS) is 4. The number of carboxylic acids is 4. The van der Waals surface area contributed by atoms with Crippen molar-refractivity contribution in [3.05, 3.63) is 22.3 Å². The predicted molar refractivity (Wildman–Crippen MR) is 67.3 cm³/mol. The molecule has 112 valence electrons. The normalized spacial score (nSPS) is 12.2. The fraction of sp³-hybridized carbons (Fsp3) is 0.333. The van der Waals surface area contributed by atoms with Crippen LogP contribution >= 0.6 is 0 Å².